The molecule has 1 amide bonds. The van der Waals surface area contributed by atoms with Gasteiger partial charge in [0.15, 0.2) is 0 Å². The summed E-state index contributed by atoms with van der Waals surface area (Å²) in [6.07, 6.45) is 3.77. The van der Waals surface area contributed by atoms with E-state index in [1.165, 1.54) is 43.5 Å². The van der Waals surface area contributed by atoms with Crippen LogP contribution in [0.2, 0.25) is 0 Å². The Morgan fingerprint density at radius 1 is 1.17 bits per heavy atom. The van der Waals surface area contributed by atoms with Crippen molar-refractivity contribution in [2.24, 2.45) is 5.14 Å². The van der Waals surface area contributed by atoms with Crippen LogP contribution in [0.3, 0.4) is 0 Å². The van der Waals surface area contributed by atoms with Crippen LogP contribution in [0.4, 0.5) is 0 Å². The molecule has 23 heavy (non-hydrogen) atoms. The van der Waals surface area contributed by atoms with Crippen molar-refractivity contribution < 1.29 is 13.2 Å². The van der Waals surface area contributed by atoms with Crippen molar-refractivity contribution in [2.45, 2.75) is 43.2 Å². The van der Waals surface area contributed by atoms with E-state index in [0.717, 1.165) is 19.6 Å². The monoisotopic (exact) mass is 337 g/mol. The van der Waals surface area contributed by atoms with Gasteiger partial charge in [-0.1, -0.05) is 6.42 Å². The van der Waals surface area contributed by atoms with E-state index in [9.17, 15) is 13.2 Å². The number of benzene rings is 1. The van der Waals surface area contributed by atoms with Gasteiger partial charge in [-0.05, 0) is 50.6 Å². The molecule has 2 saturated heterocycles. The summed E-state index contributed by atoms with van der Waals surface area (Å²) >= 11 is 0. The number of amides is 1. The minimum atomic E-state index is -3.72. The van der Waals surface area contributed by atoms with Crippen molar-refractivity contribution >= 4 is 15.9 Å². The Kier molecular flexibility index (Phi) is 4.44. The summed E-state index contributed by atoms with van der Waals surface area (Å²) in [5, 5.41) is 5.07. The van der Waals surface area contributed by atoms with Crippen molar-refractivity contribution in [2.75, 3.05) is 19.6 Å². The smallest absolute Gasteiger partial charge is 0.253 e. The lowest BCUT2D eigenvalue weighted by atomic mass is 9.97. The molecular weight excluding hydrogens is 314 g/mol. The van der Waals surface area contributed by atoms with Gasteiger partial charge in [0.1, 0.15) is 0 Å². The van der Waals surface area contributed by atoms with Crippen molar-refractivity contribution in [3.8, 4) is 0 Å². The number of nitrogens with zero attached hydrogens (tertiary/aromatic N) is 2. The Hall–Kier alpha value is -1.44. The second kappa shape index (κ2) is 6.22. The molecule has 2 fully saturated rings. The molecule has 2 aliphatic heterocycles. The van der Waals surface area contributed by atoms with Gasteiger partial charge in [0.25, 0.3) is 5.91 Å². The Morgan fingerprint density at radius 2 is 1.83 bits per heavy atom. The average Bonchev–Trinajstić information content (AvgIpc) is 2.47. The number of hydrogen-bond donors (Lipinski definition) is 1. The standard InChI is InChI=1S/C16H23N3O3S/c1-12-4-2-3-9-19(12)14-10-18(11-14)16(20)13-5-7-15(8-6-13)23(17,21)22/h5-8,12,14H,2-4,9-11H2,1H3,(H2,17,21,22). The molecule has 3 rings (SSSR count). The molecule has 1 aromatic rings. The summed E-state index contributed by atoms with van der Waals surface area (Å²) in [6.45, 7) is 4.88. The van der Waals surface area contributed by atoms with E-state index in [-0.39, 0.29) is 10.8 Å². The highest BCUT2D eigenvalue weighted by molar-refractivity contribution is 7.89. The third-order valence-electron chi connectivity index (χ3n) is 4.90. The van der Waals surface area contributed by atoms with Crippen LogP contribution in [-0.4, -0.2) is 55.8 Å². The second-order valence-electron chi connectivity index (χ2n) is 6.52. The van der Waals surface area contributed by atoms with E-state index >= 15 is 0 Å². The first-order valence-electron chi connectivity index (χ1n) is 8.04. The lowest BCUT2D eigenvalue weighted by molar-refractivity contribution is 0.00212. The minimum Gasteiger partial charge on any atom is -0.335 e. The fraction of sp³-hybridized carbons (Fsp3) is 0.562. The molecule has 0 bridgehead atoms. The Bertz CT molecular complexity index is 681. The summed E-state index contributed by atoms with van der Waals surface area (Å²) in [7, 11) is -3.72. The number of hydrogen-bond acceptors (Lipinski definition) is 4. The zero-order valence-corrected chi connectivity index (χ0v) is 14.1. The molecule has 0 saturated carbocycles. The molecule has 2 heterocycles. The maximum atomic E-state index is 12.4. The van der Waals surface area contributed by atoms with Gasteiger partial charge in [0.05, 0.1) is 4.90 Å². The maximum Gasteiger partial charge on any atom is 0.253 e. The lowest BCUT2D eigenvalue weighted by Gasteiger charge is -2.49. The first-order chi connectivity index (χ1) is 10.9. The predicted molar refractivity (Wildman–Crippen MR) is 87.5 cm³/mol. The summed E-state index contributed by atoms with van der Waals surface area (Å²) < 4.78 is 22.5. The highest BCUT2D eigenvalue weighted by atomic mass is 32.2. The molecular formula is C16H23N3O3S. The molecule has 0 spiro atoms. The molecule has 7 heteroatoms. The number of nitrogens with two attached hydrogens (primary N) is 1. The van der Waals surface area contributed by atoms with E-state index in [2.05, 4.69) is 11.8 Å². The summed E-state index contributed by atoms with van der Waals surface area (Å²) in [6, 6.07) is 6.87. The SMILES string of the molecule is CC1CCCCN1C1CN(C(=O)c2ccc(S(N)(=O)=O)cc2)C1. The molecule has 2 aliphatic rings. The van der Waals surface area contributed by atoms with Gasteiger partial charge < -0.3 is 4.90 Å². The van der Waals surface area contributed by atoms with Crippen LogP contribution in [0.15, 0.2) is 29.2 Å². The van der Waals surface area contributed by atoms with Gasteiger partial charge >= 0.3 is 0 Å². The summed E-state index contributed by atoms with van der Waals surface area (Å²) in [5.74, 6) is -0.0492. The number of piperidine rings is 1. The van der Waals surface area contributed by atoms with Gasteiger partial charge in [-0.25, -0.2) is 13.6 Å². The first-order valence-corrected chi connectivity index (χ1v) is 9.59. The van der Waals surface area contributed by atoms with Crippen molar-refractivity contribution in [3.05, 3.63) is 29.8 Å². The van der Waals surface area contributed by atoms with Crippen LogP contribution in [0.5, 0.6) is 0 Å². The molecule has 1 aromatic carbocycles. The molecule has 0 aromatic heterocycles. The molecule has 1 unspecified atom stereocenters. The molecule has 6 nitrogen and oxygen atoms in total. The quantitative estimate of drug-likeness (QED) is 0.893. The van der Waals surface area contributed by atoms with Crippen LogP contribution in [0.1, 0.15) is 36.5 Å². The number of primary sulfonamides is 1. The van der Waals surface area contributed by atoms with Crippen molar-refractivity contribution in [1.29, 1.82) is 0 Å². The average molecular weight is 337 g/mol. The number of rotatable bonds is 3. The van der Waals surface area contributed by atoms with E-state index in [1.54, 1.807) is 0 Å². The largest absolute Gasteiger partial charge is 0.335 e. The second-order valence-corrected chi connectivity index (χ2v) is 8.08. The Balaban J connectivity index is 1.60. The molecule has 1 atom stereocenters. The number of carbonyl (C=O) groups is 1. The number of likely N-dealkylation sites (tertiary alicyclic amines) is 2. The predicted octanol–water partition coefficient (Wildman–Crippen LogP) is 1.03. The van der Waals surface area contributed by atoms with E-state index in [1.807, 2.05) is 4.90 Å². The highest BCUT2D eigenvalue weighted by Crippen LogP contribution is 2.25. The van der Waals surface area contributed by atoms with Gasteiger partial charge in [-0.15, -0.1) is 0 Å². The topological polar surface area (TPSA) is 83.7 Å². The van der Waals surface area contributed by atoms with Crippen LogP contribution in [0.25, 0.3) is 0 Å². The van der Waals surface area contributed by atoms with Gasteiger partial charge in [0.2, 0.25) is 10.0 Å². The van der Waals surface area contributed by atoms with Gasteiger partial charge in [-0.2, -0.15) is 0 Å². The zero-order valence-electron chi connectivity index (χ0n) is 13.3. The van der Waals surface area contributed by atoms with Crippen LogP contribution < -0.4 is 5.14 Å². The summed E-state index contributed by atoms with van der Waals surface area (Å²) in [4.78, 5) is 16.8. The van der Waals surface area contributed by atoms with E-state index in [0.29, 0.717) is 17.6 Å². The van der Waals surface area contributed by atoms with E-state index in [4.69, 9.17) is 5.14 Å². The third-order valence-corrected chi connectivity index (χ3v) is 5.83. The lowest BCUT2D eigenvalue weighted by Crippen LogP contribution is -2.63. The number of carbonyl (C=O) groups excluding carboxylic acids is 1. The minimum absolute atomic E-state index is 0.0256. The molecule has 2 N–H and O–H groups in total. The Labute approximate surface area is 137 Å². The van der Waals surface area contributed by atoms with Gasteiger partial charge in [0, 0.05) is 30.7 Å². The van der Waals surface area contributed by atoms with E-state index < -0.39 is 10.0 Å². The van der Waals surface area contributed by atoms with Crippen molar-refractivity contribution in [3.63, 3.8) is 0 Å². The number of sulfonamides is 1. The summed E-state index contributed by atoms with van der Waals surface area (Å²) in [5.41, 5.74) is 0.502. The fourth-order valence-corrected chi connectivity index (χ4v) is 3.98. The van der Waals surface area contributed by atoms with Crippen LogP contribution in [0, 0.1) is 0 Å². The zero-order chi connectivity index (χ0) is 16.6. The van der Waals surface area contributed by atoms with Gasteiger partial charge in [-0.3, -0.25) is 9.69 Å². The normalized spacial score (nSPS) is 23.6. The van der Waals surface area contributed by atoms with Crippen LogP contribution in [-0.2, 0) is 10.0 Å². The molecule has 0 aliphatic carbocycles. The first kappa shape index (κ1) is 16.4. The van der Waals surface area contributed by atoms with Crippen LogP contribution >= 0.6 is 0 Å². The Morgan fingerprint density at radius 3 is 2.39 bits per heavy atom. The third kappa shape index (κ3) is 3.41. The molecule has 0 radical (unpaired) electrons. The van der Waals surface area contributed by atoms with Crippen molar-refractivity contribution in [1.82, 2.24) is 9.80 Å². The maximum absolute atomic E-state index is 12.4. The fourth-order valence-electron chi connectivity index (χ4n) is 3.46. The highest BCUT2D eigenvalue weighted by Gasteiger charge is 2.37. The molecule has 126 valence electrons.